The van der Waals surface area contributed by atoms with E-state index >= 15 is 0 Å². The van der Waals surface area contributed by atoms with Gasteiger partial charge in [0.15, 0.2) is 11.5 Å². The van der Waals surface area contributed by atoms with E-state index in [1.165, 1.54) is 6.33 Å². The van der Waals surface area contributed by atoms with Crippen LogP contribution < -0.4 is 10.2 Å². The van der Waals surface area contributed by atoms with Gasteiger partial charge in [-0.2, -0.15) is 0 Å². The van der Waals surface area contributed by atoms with Gasteiger partial charge in [0.05, 0.1) is 18.6 Å². The van der Waals surface area contributed by atoms with Crippen LogP contribution in [0, 0.1) is 5.92 Å². The van der Waals surface area contributed by atoms with Gasteiger partial charge >= 0.3 is 0 Å². The Kier molecular flexibility index (Phi) is 4.76. The van der Waals surface area contributed by atoms with Crippen molar-refractivity contribution in [1.82, 2.24) is 34.8 Å². The number of aryl methyl sites for hydroxylation is 1. The molecule has 1 fully saturated rings. The first-order chi connectivity index (χ1) is 12.8. The van der Waals surface area contributed by atoms with Crippen LogP contribution in [0.25, 0.3) is 11.2 Å². The smallest absolute Gasteiger partial charge is 0.224 e. The van der Waals surface area contributed by atoms with E-state index in [2.05, 4.69) is 35.1 Å². The largest absolute Gasteiger partial charge is 0.356 e. The molecule has 0 aromatic carbocycles. The molecule has 1 aliphatic heterocycles. The number of piperidine rings is 1. The summed E-state index contributed by atoms with van der Waals surface area (Å²) in [7, 11) is 0. The van der Waals surface area contributed by atoms with Gasteiger partial charge < -0.3 is 19.8 Å². The molecule has 136 valence electrons. The lowest BCUT2D eigenvalue weighted by atomic mass is 9.97. The van der Waals surface area contributed by atoms with Crippen LogP contribution in [-0.2, 0) is 11.3 Å². The SMILES string of the molecule is O=C(NCCCn1ccnc1)C1CCCN(c2ncnc3nc[nH]c23)C1. The quantitative estimate of drug-likeness (QED) is 0.639. The number of hydrogen-bond donors (Lipinski definition) is 2. The van der Waals surface area contributed by atoms with Crippen molar-refractivity contribution >= 4 is 22.9 Å². The number of nitrogens with zero attached hydrogens (tertiary/aromatic N) is 6. The maximum atomic E-state index is 12.5. The third-order valence-electron chi connectivity index (χ3n) is 4.75. The molecule has 3 aromatic heterocycles. The van der Waals surface area contributed by atoms with Gasteiger partial charge in [-0.25, -0.2) is 19.9 Å². The predicted octanol–water partition coefficient (Wildman–Crippen LogP) is 0.972. The van der Waals surface area contributed by atoms with Crippen molar-refractivity contribution in [2.24, 2.45) is 5.92 Å². The molecule has 3 aromatic rings. The van der Waals surface area contributed by atoms with Gasteiger partial charge in [0.1, 0.15) is 11.8 Å². The zero-order valence-corrected chi connectivity index (χ0v) is 14.5. The lowest BCUT2D eigenvalue weighted by Crippen LogP contribution is -2.43. The highest BCUT2D eigenvalue weighted by Gasteiger charge is 2.27. The Morgan fingerprint density at radius 1 is 1.35 bits per heavy atom. The number of amides is 1. The fraction of sp³-hybridized carbons (Fsp3) is 0.471. The van der Waals surface area contributed by atoms with Gasteiger partial charge in [0, 0.05) is 38.6 Å². The number of aromatic nitrogens is 6. The van der Waals surface area contributed by atoms with Crippen molar-refractivity contribution in [3.8, 4) is 0 Å². The zero-order chi connectivity index (χ0) is 17.8. The number of carbonyl (C=O) groups is 1. The van der Waals surface area contributed by atoms with E-state index in [4.69, 9.17) is 0 Å². The summed E-state index contributed by atoms with van der Waals surface area (Å²) >= 11 is 0. The number of imidazole rings is 2. The molecule has 1 unspecified atom stereocenters. The van der Waals surface area contributed by atoms with Crippen molar-refractivity contribution < 1.29 is 4.79 Å². The number of fused-ring (bicyclic) bond motifs is 1. The second-order valence-corrected chi connectivity index (χ2v) is 6.53. The van der Waals surface area contributed by atoms with E-state index in [-0.39, 0.29) is 11.8 Å². The molecule has 0 aliphatic carbocycles. The summed E-state index contributed by atoms with van der Waals surface area (Å²) in [5.41, 5.74) is 1.48. The lowest BCUT2D eigenvalue weighted by molar-refractivity contribution is -0.125. The molecule has 1 atom stereocenters. The monoisotopic (exact) mass is 354 g/mol. The first-order valence-electron chi connectivity index (χ1n) is 8.94. The Hall–Kier alpha value is -2.97. The molecule has 0 radical (unpaired) electrons. The minimum atomic E-state index is -0.0232. The van der Waals surface area contributed by atoms with Gasteiger partial charge in [-0.3, -0.25) is 4.79 Å². The minimum absolute atomic E-state index is 0.0232. The highest BCUT2D eigenvalue weighted by atomic mass is 16.1. The van der Waals surface area contributed by atoms with Gasteiger partial charge in [-0.15, -0.1) is 0 Å². The lowest BCUT2D eigenvalue weighted by Gasteiger charge is -2.32. The molecule has 26 heavy (non-hydrogen) atoms. The fourth-order valence-electron chi connectivity index (χ4n) is 3.41. The van der Waals surface area contributed by atoms with Crippen molar-refractivity contribution in [1.29, 1.82) is 0 Å². The molecule has 1 amide bonds. The third-order valence-corrected chi connectivity index (χ3v) is 4.75. The fourth-order valence-corrected chi connectivity index (χ4v) is 3.41. The Bertz CT molecular complexity index is 859. The van der Waals surface area contributed by atoms with Crippen LogP contribution in [0.1, 0.15) is 19.3 Å². The summed E-state index contributed by atoms with van der Waals surface area (Å²) in [6.45, 7) is 3.08. The first kappa shape index (κ1) is 16.5. The molecule has 0 bridgehead atoms. The average Bonchev–Trinajstić information content (AvgIpc) is 3.36. The maximum absolute atomic E-state index is 12.5. The number of H-pyrrole nitrogens is 1. The van der Waals surface area contributed by atoms with Crippen molar-refractivity contribution in [3.63, 3.8) is 0 Å². The van der Waals surface area contributed by atoms with E-state index in [1.54, 1.807) is 18.9 Å². The van der Waals surface area contributed by atoms with Crippen LogP contribution in [-0.4, -0.2) is 55.0 Å². The number of hydrogen-bond acceptors (Lipinski definition) is 6. The summed E-state index contributed by atoms with van der Waals surface area (Å²) in [4.78, 5) is 34.6. The van der Waals surface area contributed by atoms with E-state index < -0.39 is 0 Å². The standard InChI is InChI=1S/C17H22N8O/c26-17(19-4-2-6-24-8-5-18-12-24)13-3-1-7-25(9-13)16-14-15(21-10-20-14)22-11-23-16/h5,8,10-13H,1-4,6-7,9H2,(H,19,26)(H,20,21,22,23). The molecule has 0 spiro atoms. The Morgan fingerprint density at radius 2 is 2.31 bits per heavy atom. The normalized spacial score (nSPS) is 17.5. The predicted molar refractivity (Wildman–Crippen MR) is 96.5 cm³/mol. The van der Waals surface area contributed by atoms with Crippen molar-refractivity contribution in [2.45, 2.75) is 25.8 Å². The summed E-state index contributed by atoms with van der Waals surface area (Å²) in [5.74, 6) is 0.922. The highest BCUT2D eigenvalue weighted by molar-refractivity contribution is 5.84. The van der Waals surface area contributed by atoms with E-state index in [9.17, 15) is 4.79 Å². The minimum Gasteiger partial charge on any atom is -0.356 e. The zero-order valence-electron chi connectivity index (χ0n) is 14.5. The van der Waals surface area contributed by atoms with Crippen LogP contribution >= 0.6 is 0 Å². The molecule has 4 heterocycles. The Morgan fingerprint density at radius 3 is 3.19 bits per heavy atom. The average molecular weight is 354 g/mol. The van der Waals surface area contributed by atoms with Crippen molar-refractivity contribution in [3.05, 3.63) is 31.4 Å². The van der Waals surface area contributed by atoms with Crippen LogP contribution in [0.3, 0.4) is 0 Å². The van der Waals surface area contributed by atoms with E-state index in [1.807, 2.05) is 10.8 Å². The molecular weight excluding hydrogens is 332 g/mol. The number of nitrogens with one attached hydrogen (secondary N) is 2. The van der Waals surface area contributed by atoms with Crippen LogP contribution in [0.5, 0.6) is 0 Å². The first-order valence-corrected chi connectivity index (χ1v) is 8.94. The molecule has 4 rings (SSSR count). The molecule has 1 aliphatic rings. The third kappa shape index (κ3) is 3.51. The molecule has 9 nitrogen and oxygen atoms in total. The topological polar surface area (TPSA) is 105 Å². The van der Waals surface area contributed by atoms with E-state index in [0.29, 0.717) is 18.7 Å². The second kappa shape index (κ2) is 7.51. The molecule has 9 heteroatoms. The van der Waals surface area contributed by atoms with Gasteiger partial charge in [-0.05, 0) is 19.3 Å². The number of aromatic amines is 1. The molecule has 2 N–H and O–H groups in total. The number of carbonyl (C=O) groups excluding carboxylic acids is 1. The second-order valence-electron chi connectivity index (χ2n) is 6.53. The summed E-state index contributed by atoms with van der Waals surface area (Å²) < 4.78 is 2.01. The van der Waals surface area contributed by atoms with E-state index in [0.717, 1.165) is 43.7 Å². The summed E-state index contributed by atoms with van der Waals surface area (Å²) in [6, 6.07) is 0. The van der Waals surface area contributed by atoms with Gasteiger partial charge in [0.2, 0.25) is 5.91 Å². The number of anilines is 1. The van der Waals surface area contributed by atoms with Gasteiger partial charge in [0.25, 0.3) is 0 Å². The summed E-state index contributed by atoms with van der Waals surface area (Å²) in [6.07, 6.45) is 11.4. The summed E-state index contributed by atoms with van der Waals surface area (Å²) in [5, 5.41) is 3.07. The van der Waals surface area contributed by atoms with Crippen molar-refractivity contribution in [2.75, 3.05) is 24.5 Å². The van der Waals surface area contributed by atoms with Crippen LogP contribution in [0.4, 0.5) is 5.82 Å². The molecule has 1 saturated heterocycles. The van der Waals surface area contributed by atoms with Crippen LogP contribution in [0.15, 0.2) is 31.4 Å². The molecule has 0 saturated carbocycles. The number of rotatable bonds is 6. The maximum Gasteiger partial charge on any atom is 0.224 e. The Balaban J connectivity index is 1.33. The van der Waals surface area contributed by atoms with Crippen LogP contribution in [0.2, 0.25) is 0 Å². The molecular formula is C17H22N8O. The highest BCUT2D eigenvalue weighted by Crippen LogP contribution is 2.25. The Labute approximate surface area is 150 Å². The van der Waals surface area contributed by atoms with Gasteiger partial charge in [-0.1, -0.05) is 0 Å².